The predicted octanol–water partition coefficient (Wildman–Crippen LogP) is 1.81. The molecule has 1 aromatic heterocycles. The average Bonchev–Trinajstić information content (AvgIpc) is 2.73. The van der Waals surface area contributed by atoms with Crippen molar-refractivity contribution in [2.75, 3.05) is 0 Å². The summed E-state index contributed by atoms with van der Waals surface area (Å²) in [5.41, 5.74) is 7.85. The van der Waals surface area contributed by atoms with E-state index in [0.717, 1.165) is 17.7 Å². The predicted molar refractivity (Wildman–Crippen MR) is 63.7 cm³/mol. The number of hydrogen-bond donors (Lipinski definition) is 1. The lowest BCUT2D eigenvalue weighted by Crippen LogP contribution is -2.19. The van der Waals surface area contributed by atoms with Gasteiger partial charge in [0.2, 0.25) is 0 Å². The van der Waals surface area contributed by atoms with Crippen molar-refractivity contribution in [3.8, 4) is 5.69 Å². The van der Waals surface area contributed by atoms with E-state index in [4.69, 9.17) is 17.3 Å². The van der Waals surface area contributed by atoms with Gasteiger partial charge >= 0.3 is 0 Å². The summed E-state index contributed by atoms with van der Waals surface area (Å²) < 4.78 is 1.70. The van der Waals surface area contributed by atoms with Crippen LogP contribution in [-0.2, 0) is 6.42 Å². The molecule has 0 aliphatic carbocycles. The highest BCUT2D eigenvalue weighted by Gasteiger charge is 2.08. The number of nitrogens with zero attached hydrogens (tertiary/aromatic N) is 3. The Kier molecular flexibility index (Phi) is 3.22. The van der Waals surface area contributed by atoms with Gasteiger partial charge in [0.05, 0.1) is 5.69 Å². The Labute approximate surface area is 99.1 Å². The lowest BCUT2D eigenvalue weighted by molar-refractivity contribution is 0.727. The third-order valence-corrected chi connectivity index (χ3v) is 2.49. The normalized spacial score (nSPS) is 12.7. The van der Waals surface area contributed by atoms with E-state index in [1.807, 2.05) is 25.1 Å². The molecule has 0 saturated carbocycles. The highest BCUT2D eigenvalue weighted by atomic mass is 35.5. The fraction of sp³-hybridized carbons (Fsp3) is 0.273. The van der Waals surface area contributed by atoms with Crippen LogP contribution in [0.5, 0.6) is 0 Å². The second kappa shape index (κ2) is 4.63. The van der Waals surface area contributed by atoms with Gasteiger partial charge in [-0.05, 0) is 31.0 Å². The molecule has 84 valence electrons. The molecule has 1 unspecified atom stereocenters. The van der Waals surface area contributed by atoms with Crippen LogP contribution in [0.1, 0.15) is 12.5 Å². The van der Waals surface area contributed by atoms with Gasteiger partial charge in [-0.3, -0.25) is 0 Å². The summed E-state index contributed by atoms with van der Waals surface area (Å²) in [7, 11) is 0. The zero-order chi connectivity index (χ0) is 11.5. The lowest BCUT2D eigenvalue weighted by atomic mass is 10.1. The first-order chi connectivity index (χ1) is 7.66. The van der Waals surface area contributed by atoms with Gasteiger partial charge in [0.25, 0.3) is 0 Å². The van der Waals surface area contributed by atoms with E-state index in [0.29, 0.717) is 5.02 Å². The molecule has 0 spiro atoms. The standard InChI is InChI=1S/C11H13ClN4/c1-8(13)4-9-2-3-10(12)5-11(9)16-7-14-6-15-16/h2-3,5-8H,4,13H2,1H3. The first-order valence-corrected chi connectivity index (χ1v) is 5.43. The molecule has 0 radical (unpaired) electrons. The van der Waals surface area contributed by atoms with Gasteiger partial charge in [0.15, 0.2) is 0 Å². The van der Waals surface area contributed by atoms with Crippen molar-refractivity contribution < 1.29 is 0 Å². The van der Waals surface area contributed by atoms with E-state index in [1.54, 1.807) is 11.0 Å². The minimum Gasteiger partial charge on any atom is -0.328 e. The molecule has 0 bridgehead atoms. The fourth-order valence-electron chi connectivity index (χ4n) is 1.60. The SMILES string of the molecule is CC(N)Cc1ccc(Cl)cc1-n1cncn1. The smallest absolute Gasteiger partial charge is 0.138 e. The molecule has 1 aromatic carbocycles. The van der Waals surface area contributed by atoms with Gasteiger partial charge < -0.3 is 5.73 Å². The Morgan fingerprint density at radius 1 is 1.50 bits per heavy atom. The third-order valence-electron chi connectivity index (χ3n) is 2.25. The maximum absolute atomic E-state index is 5.98. The van der Waals surface area contributed by atoms with Crippen LogP contribution in [0.4, 0.5) is 0 Å². The average molecular weight is 237 g/mol. The second-order valence-corrected chi connectivity index (χ2v) is 4.23. The van der Waals surface area contributed by atoms with Crippen LogP contribution >= 0.6 is 11.6 Å². The maximum atomic E-state index is 5.98. The molecule has 2 rings (SSSR count). The number of rotatable bonds is 3. The van der Waals surface area contributed by atoms with Crippen molar-refractivity contribution in [2.24, 2.45) is 5.73 Å². The van der Waals surface area contributed by atoms with Crippen LogP contribution in [0.2, 0.25) is 5.02 Å². The van der Waals surface area contributed by atoms with Crippen LogP contribution in [0.3, 0.4) is 0 Å². The molecule has 2 aromatic rings. The molecule has 0 saturated heterocycles. The van der Waals surface area contributed by atoms with Crippen molar-refractivity contribution in [1.82, 2.24) is 14.8 Å². The Balaban J connectivity index is 2.45. The van der Waals surface area contributed by atoms with Crippen molar-refractivity contribution in [3.63, 3.8) is 0 Å². The Morgan fingerprint density at radius 3 is 2.94 bits per heavy atom. The Bertz CT molecular complexity index is 465. The Hall–Kier alpha value is -1.39. The van der Waals surface area contributed by atoms with Crippen molar-refractivity contribution in [2.45, 2.75) is 19.4 Å². The Morgan fingerprint density at radius 2 is 2.31 bits per heavy atom. The third kappa shape index (κ3) is 2.40. The number of hydrogen-bond acceptors (Lipinski definition) is 3. The molecule has 4 nitrogen and oxygen atoms in total. The minimum atomic E-state index is 0.100. The van der Waals surface area contributed by atoms with Crippen LogP contribution < -0.4 is 5.73 Å². The summed E-state index contributed by atoms with van der Waals surface area (Å²) in [5.74, 6) is 0. The monoisotopic (exact) mass is 236 g/mol. The molecule has 1 heterocycles. The number of halogens is 1. The van der Waals surface area contributed by atoms with Crippen LogP contribution in [0.15, 0.2) is 30.9 Å². The molecule has 0 amide bonds. The molecule has 2 N–H and O–H groups in total. The topological polar surface area (TPSA) is 56.7 Å². The summed E-state index contributed by atoms with van der Waals surface area (Å²) in [6.07, 6.45) is 3.93. The van der Waals surface area contributed by atoms with Gasteiger partial charge in [-0.2, -0.15) is 5.10 Å². The van der Waals surface area contributed by atoms with Gasteiger partial charge in [-0.25, -0.2) is 9.67 Å². The van der Waals surface area contributed by atoms with Gasteiger partial charge in [-0.1, -0.05) is 17.7 Å². The number of nitrogens with two attached hydrogens (primary N) is 1. The molecule has 5 heteroatoms. The van der Waals surface area contributed by atoms with E-state index < -0.39 is 0 Å². The quantitative estimate of drug-likeness (QED) is 0.884. The highest BCUT2D eigenvalue weighted by Crippen LogP contribution is 2.20. The van der Waals surface area contributed by atoms with Gasteiger partial charge in [-0.15, -0.1) is 0 Å². The van der Waals surface area contributed by atoms with E-state index >= 15 is 0 Å². The summed E-state index contributed by atoms with van der Waals surface area (Å²) in [6, 6.07) is 5.81. The molecular formula is C11H13ClN4. The van der Waals surface area contributed by atoms with E-state index in [2.05, 4.69) is 10.1 Å². The van der Waals surface area contributed by atoms with Crippen molar-refractivity contribution >= 4 is 11.6 Å². The number of benzene rings is 1. The van der Waals surface area contributed by atoms with Crippen molar-refractivity contribution in [1.29, 1.82) is 0 Å². The van der Waals surface area contributed by atoms with Crippen LogP contribution in [-0.4, -0.2) is 20.8 Å². The maximum Gasteiger partial charge on any atom is 0.138 e. The van der Waals surface area contributed by atoms with E-state index in [1.165, 1.54) is 6.33 Å². The summed E-state index contributed by atoms with van der Waals surface area (Å²) in [6.45, 7) is 1.97. The molecule has 16 heavy (non-hydrogen) atoms. The lowest BCUT2D eigenvalue weighted by Gasteiger charge is -2.11. The minimum absolute atomic E-state index is 0.100. The number of aromatic nitrogens is 3. The molecule has 1 atom stereocenters. The summed E-state index contributed by atoms with van der Waals surface area (Å²) >= 11 is 5.98. The zero-order valence-corrected chi connectivity index (χ0v) is 9.72. The van der Waals surface area contributed by atoms with Gasteiger partial charge in [0, 0.05) is 11.1 Å². The zero-order valence-electron chi connectivity index (χ0n) is 8.97. The van der Waals surface area contributed by atoms with Crippen molar-refractivity contribution in [3.05, 3.63) is 41.4 Å². The molecule has 0 aliphatic heterocycles. The molecule has 0 fully saturated rings. The first kappa shape index (κ1) is 11.1. The fourth-order valence-corrected chi connectivity index (χ4v) is 1.77. The van der Waals surface area contributed by atoms with Crippen LogP contribution in [0.25, 0.3) is 5.69 Å². The first-order valence-electron chi connectivity index (χ1n) is 5.06. The largest absolute Gasteiger partial charge is 0.328 e. The van der Waals surface area contributed by atoms with Gasteiger partial charge in [0.1, 0.15) is 12.7 Å². The summed E-state index contributed by atoms with van der Waals surface area (Å²) in [5, 5.41) is 4.78. The van der Waals surface area contributed by atoms with E-state index in [9.17, 15) is 0 Å². The molecular weight excluding hydrogens is 224 g/mol. The molecule has 0 aliphatic rings. The highest BCUT2D eigenvalue weighted by molar-refractivity contribution is 6.30. The van der Waals surface area contributed by atoms with E-state index in [-0.39, 0.29) is 6.04 Å². The summed E-state index contributed by atoms with van der Waals surface area (Å²) in [4.78, 5) is 3.93. The van der Waals surface area contributed by atoms with Crippen LogP contribution in [0, 0.1) is 0 Å². The second-order valence-electron chi connectivity index (χ2n) is 3.79.